The number of carbonyl (C=O) groups excluding carboxylic acids is 2. The lowest BCUT2D eigenvalue weighted by atomic mass is 9.94. The van der Waals surface area contributed by atoms with Crippen LogP contribution < -0.4 is 4.74 Å². The van der Waals surface area contributed by atoms with Crippen LogP contribution in [0, 0.1) is 12.7 Å². The van der Waals surface area contributed by atoms with Crippen molar-refractivity contribution in [3.05, 3.63) is 101 Å². The number of ether oxygens (including phenoxy) is 1. The molecule has 7 heteroatoms. The number of benzene rings is 2. The van der Waals surface area contributed by atoms with Crippen LogP contribution >= 0.6 is 0 Å². The summed E-state index contributed by atoms with van der Waals surface area (Å²) in [5.41, 5.74) is 1.61. The first-order valence-corrected chi connectivity index (χ1v) is 10.00. The molecule has 1 aliphatic rings. The number of pyridine rings is 1. The number of aliphatic hydroxyl groups excluding tert-OH is 1. The first-order chi connectivity index (χ1) is 15.4. The first-order valence-electron chi connectivity index (χ1n) is 10.00. The summed E-state index contributed by atoms with van der Waals surface area (Å²) < 4.78 is 19.2. The van der Waals surface area contributed by atoms with Gasteiger partial charge >= 0.3 is 0 Å². The number of Topliss-reactive ketones (excluding diaryl/α,β-unsaturated/α-hetero) is 1. The van der Waals surface area contributed by atoms with E-state index in [1.54, 1.807) is 55.6 Å². The van der Waals surface area contributed by atoms with E-state index < -0.39 is 23.5 Å². The molecule has 1 amide bonds. The minimum Gasteiger partial charge on any atom is -0.507 e. The third-order valence-electron chi connectivity index (χ3n) is 5.46. The van der Waals surface area contributed by atoms with E-state index in [2.05, 4.69) is 4.98 Å². The standard InChI is InChI=1S/C25H21FN2O4/c1-15-13-16(10-11-19(15)26)23(29)21-22(18-8-3-4-9-20(18)32-2)28(25(31)24(21)30)14-17-7-5-6-12-27-17/h3-13,22,29H,14H2,1-2H3/b23-21+. The SMILES string of the molecule is COc1ccccc1C1/C(=C(\O)c2ccc(F)c(C)c2)C(=O)C(=O)N1Cc1ccccn1. The number of rotatable bonds is 5. The van der Waals surface area contributed by atoms with Gasteiger partial charge in [0.05, 0.1) is 31.0 Å². The third-order valence-corrected chi connectivity index (χ3v) is 5.46. The number of likely N-dealkylation sites (tertiary alicyclic amines) is 1. The van der Waals surface area contributed by atoms with Crippen molar-refractivity contribution in [1.82, 2.24) is 9.88 Å². The summed E-state index contributed by atoms with van der Waals surface area (Å²) in [6, 6.07) is 15.4. The van der Waals surface area contributed by atoms with E-state index in [-0.39, 0.29) is 23.4 Å². The van der Waals surface area contributed by atoms with Crippen molar-refractivity contribution >= 4 is 17.4 Å². The van der Waals surface area contributed by atoms with E-state index in [0.717, 1.165) is 0 Å². The Morgan fingerprint density at radius 1 is 1.12 bits per heavy atom. The quantitative estimate of drug-likeness (QED) is 0.372. The first kappa shape index (κ1) is 21.2. The normalized spacial score (nSPS) is 17.6. The fourth-order valence-electron chi connectivity index (χ4n) is 3.87. The van der Waals surface area contributed by atoms with Crippen molar-refractivity contribution < 1.29 is 23.8 Å². The second-order valence-electron chi connectivity index (χ2n) is 7.45. The molecular weight excluding hydrogens is 411 g/mol. The number of hydrogen-bond donors (Lipinski definition) is 1. The summed E-state index contributed by atoms with van der Waals surface area (Å²) in [5, 5.41) is 11.1. The van der Waals surface area contributed by atoms with Gasteiger partial charge in [-0.2, -0.15) is 0 Å². The summed E-state index contributed by atoms with van der Waals surface area (Å²) in [7, 11) is 1.49. The Balaban J connectivity index is 1.91. The van der Waals surface area contributed by atoms with Gasteiger partial charge in [-0.05, 0) is 48.9 Å². The summed E-state index contributed by atoms with van der Waals surface area (Å²) in [6.07, 6.45) is 1.60. The Morgan fingerprint density at radius 2 is 1.88 bits per heavy atom. The molecule has 0 radical (unpaired) electrons. The molecule has 1 atom stereocenters. The van der Waals surface area contributed by atoms with Gasteiger partial charge in [-0.3, -0.25) is 14.6 Å². The topological polar surface area (TPSA) is 79.7 Å². The molecule has 1 aliphatic heterocycles. The zero-order chi connectivity index (χ0) is 22.8. The van der Waals surface area contributed by atoms with Gasteiger partial charge in [0.1, 0.15) is 17.3 Å². The molecule has 1 fully saturated rings. The van der Waals surface area contributed by atoms with Gasteiger partial charge in [-0.25, -0.2) is 4.39 Å². The molecule has 0 aliphatic carbocycles. The zero-order valence-electron chi connectivity index (χ0n) is 17.6. The molecule has 1 aromatic heterocycles. The summed E-state index contributed by atoms with van der Waals surface area (Å²) >= 11 is 0. The third kappa shape index (κ3) is 3.73. The lowest BCUT2D eigenvalue weighted by molar-refractivity contribution is -0.140. The van der Waals surface area contributed by atoms with Crippen LogP contribution in [0.4, 0.5) is 4.39 Å². The predicted octanol–water partition coefficient (Wildman–Crippen LogP) is 4.16. The second-order valence-corrected chi connectivity index (χ2v) is 7.45. The molecule has 2 heterocycles. The highest BCUT2D eigenvalue weighted by Gasteiger charge is 2.47. The maximum absolute atomic E-state index is 13.8. The minimum atomic E-state index is -0.904. The lowest BCUT2D eigenvalue weighted by Gasteiger charge is -2.26. The number of para-hydroxylation sites is 1. The number of aryl methyl sites for hydroxylation is 1. The van der Waals surface area contributed by atoms with Crippen molar-refractivity contribution in [2.45, 2.75) is 19.5 Å². The number of ketones is 1. The van der Waals surface area contributed by atoms with E-state index in [0.29, 0.717) is 22.6 Å². The Labute approximate surface area is 184 Å². The van der Waals surface area contributed by atoms with Crippen LogP contribution in [0.3, 0.4) is 0 Å². The fraction of sp³-hybridized carbons (Fsp3) is 0.160. The monoisotopic (exact) mass is 432 g/mol. The van der Waals surface area contributed by atoms with Gasteiger partial charge in [0, 0.05) is 17.3 Å². The maximum atomic E-state index is 13.8. The van der Waals surface area contributed by atoms with Gasteiger partial charge in [0.2, 0.25) is 0 Å². The van der Waals surface area contributed by atoms with Crippen molar-refractivity contribution in [1.29, 1.82) is 0 Å². The zero-order valence-corrected chi connectivity index (χ0v) is 17.6. The average Bonchev–Trinajstić information content (AvgIpc) is 3.05. The number of aliphatic hydroxyl groups is 1. The molecule has 0 bridgehead atoms. The van der Waals surface area contributed by atoms with Crippen molar-refractivity contribution in [2.24, 2.45) is 0 Å². The predicted molar refractivity (Wildman–Crippen MR) is 116 cm³/mol. The summed E-state index contributed by atoms with van der Waals surface area (Å²) in [4.78, 5) is 31.8. The largest absolute Gasteiger partial charge is 0.507 e. The summed E-state index contributed by atoms with van der Waals surface area (Å²) in [6.45, 7) is 1.62. The van der Waals surface area contributed by atoms with Crippen LogP contribution in [-0.2, 0) is 16.1 Å². The van der Waals surface area contributed by atoms with Crippen molar-refractivity contribution in [2.75, 3.05) is 7.11 Å². The minimum absolute atomic E-state index is 0.0629. The lowest BCUT2D eigenvalue weighted by Crippen LogP contribution is -2.29. The molecule has 4 rings (SSSR count). The van der Waals surface area contributed by atoms with Crippen LogP contribution in [0.25, 0.3) is 5.76 Å². The molecule has 2 aromatic carbocycles. The number of carbonyl (C=O) groups is 2. The number of aromatic nitrogens is 1. The molecule has 1 unspecified atom stereocenters. The molecular formula is C25H21FN2O4. The maximum Gasteiger partial charge on any atom is 0.296 e. The van der Waals surface area contributed by atoms with Gasteiger partial charge in [0.25, 0.3) is 11.7 Å². The molecule has 32 heavy (non-hydrogen) atoms. The molecule has 0 saturated carbocycles. The molecule has 162 valence electrons. The number of nitrogens with zero attached hydrogens (tertiary/aromatic N) is 2. The van der Waals surface area contributed by atoms with E-state index >= 15 is 0 Å². The van der Waals surface area contributed by atoms with E-state index in [1.807, 2.05) is 0 Å². The van der Waals surface area contributed by atoms with Gasteiger partial charge in [0.15, 0.2) is 0 Å². The van der Waals surface area contributed by atoms with Crippen molar-refractivity contribution in [3.63, 3.8) is 0 Å². The molecule has 6 nitrogen and oxygen atoms in total. The molecule has 1 N–H and O–H groups in total. The van der Waals surface area contributed by atoms with E-state index in [4.69, 9.17) is 4.74 Å². The van der Waals surface area contributed by atoms with Crippen LogP contribution in [0.15, 0.2) is 72.4 Å². The van der Waals surface area contributed by atoms with Gasteiger partial charge in [-0.15, -0.1) is 0 Å². The Morgan fingerprint density at radius 3 is 2.56 bits per heavy atom. The summed E-state index contributed by atoms with van der Waals surface area (Å²) in [5.74, 6) is -1.92. The molecule has 1 saturated heterocycles. The van der Waals surface area contributed by atoms with Crippen molar-refractivity contribution in [3.8, 4) is 5.75 Å². The average molecular weight is 432 g/mol. The molecule has 3 aromatic rings. The van der Waals surface area contributed by atoms with Crippen LogP contribution in [0.1, 0.15) is 28.4 Å². The number of methoxy groups -OCH3 is 1. The fourth-order valence-corrected chi connectivity index (χ4v) is 3.87. The van der Waals surface area contributed by atoms with Crippen LogP contribution in [0.2, 0.25) is 0 Å². The number of amides is 1. The van der Waals surface area contributed by atoms with Gasteiger partial charge in [-0.1, -0.05) is 24.3 Å². The highest BCUT2D eigenvalue weighted by atomic mass is 19.1. The smallest absolute Gasteiger partial charge is 0.296 e. The Hall–Kier alpha value is -4.00. The molecule has 0 spiro atoms. The van der Waals surface area contributed by atoms with Crippen LogP contribution in [-0.4, -0.2) is 33.8 Å². The second kappa shape index (κ2) is 8.63. The highest BCUT2D eigenvalue weighted by Crippen LogP contribution is 2.43. The Kier molecular flexibility index (Phi) is 5.73. The number of hydrogen-bond acceptors (Lipinski definition) is 5. The highest BCUT2D eigenvalue weighted by molar-refractivity contribution is 6.46. The number of halogens is 1. The Bertz CT molecular complexity index is 1220. The van der Waals surface area contributed by atoms with E-state index in [9.17, 15) is 19.1 Å². The van der Waals surface area contributed by atoms with Crippen LogP contribution in [0.5, 0.6) is 5.75 Å². The van der Waals surface area contributed by atoms with Gasteiger partial charge < -0.3 is 14.7 Å². The van der Waals surface area contributed by atoms with E-state index in [1.165, 1.54) is 30.2 Å².